The van der Waals surface area contributed by atoms with Crippen LogP contribution in [0.3, 0.4) is 0 Å². The predicted octanol–water partition coefficient (Wildman–Crippen LogP) is 4.22. The highest BCUT2D eigenvalue weighted by Gasteiger charge is 2.42. The van der Waals surface area contributed by atoms with Crippen molar-refractivity contribution in [3.05, 3.63) is 52.5 Å². The number of aliphatic hydroxyl groups excluding tert-OH is 1. The van der Waals surface area contributed by atoms with Gasteiger partial charge in [0.05, 0.1) is 29.7 Å². The van der Waals surface area contributed by atoms with Gasteiger partial charge in [0, 0.05) is 48.8 Å². The number of hydrogen-bond donors (Lipinski definition) is 2. The molecule has 3 aliphatic heterocycles. The highest BCUT2D eigenvalue weighted by Crippen LogP contribution is 2.44. The zero-order valence-corrected chi connectivity index (χ0v) is 25.0. The van der Waals surface area contributed by atoms with Crippen LogP contribution in [0.25, 0.3) is 0 Å². The summed E-state index contributed by atoms with van der Waals surface area (Å²) in [6, 6.07) is 1.14. The molecule has 43 heavy (non-hydrogen) atoms. The van der Waals surface area contributed by atoms with Crippen molar-refractivity contribution < 1.29 is 32.1 Å². The fourth-order valence-electron chi connectivity index (χ4n) is 6.56. The van der Waals surface area contributed by atoms with Crippen molar-refractivity contribution in [3.8, 4) is 6.01 Å². The quantitative estimate of drug-likeness (QED) is 0.272. The molecular formula is C30H40F4N6O3. The van der Waals surface area contributed by atoms with E-state index in [-0.39, 0.29) is 48.4 Å². The molecule has 4 heterocycles. The lowest BCUT2D eigenvalue weighted by molar-refractivity contribution is -0.140. The van der Waals surface area contributed by atoms with E-state index in [9.17, 15) is 18.3 Å². The maximum absolute atomic E-state index is 15.3. The molecule has 0 radical (unpaired) electrons. The number of nitrogens with zero attached hydrogens (tertiary/aromatic N) is 5. The lowest BCUT2D eigenvalue weighted by Gasteiger charge is -2.46. The van der Waals surface area contributed by atoms with Crippen molar-refractivity contribution in [1.82, 2.24) is 19.8 Å². The topological polar surface area (TPSA) is 100 Å². The van der Waals surface area contributed by atoms with E-state index < -0.39 is 35.5 Å². The Kier molecular flexibility index (Phi) is 8.90. The molecule has 1 aromatic carbocycles. The fourth-order valence-corrected chi connectivity index (χ4v) is 6.56. The first-order valence-corrected chi connectivity index (χ1v) is 14.6. The van der Waals surface area contributed by atoms with E-state index in [4.69, 9.17) is 20.2 Å². The molecule has 2 saturated heterocycles. The second-order valence-corrected chi connectivity index (χ2v) is 11.9. The van der Waals surface area contributed by atoms with Gasteiger partial charge in [-0.15, -0.1) is 0 Å². The number of piperazine rings is 1. The first-order chi connectivity index (χ1) is 20.3. The summed E-state index contributed by atoms with van der Waals surface area (Å²) in [6.45, 7) is 11.2. The Balaban J connectivity index is 1.53. The van der Waals surface area contributed by atoms with Crippen LogP contribution in [0.5, 0.6) is 6.01 Å². The molecule has 2 aromatic rings. The van der Waals surface area contributed by atoms with Crippen LogP contribution < -0.4 is 15.4 Å². The Labute approximate surface area is 249 Å². The molecule has 3 N–H and O–H groups in total. The smallest absolute Gasteiger partial charge is 0.417 e. The Morgan fingerprint density at radius 1 is 1.26 bits per heavy atom. The number of aliphatic hydroxyl groups is 1. The van der Waals surface area contributed by atoms with Crippen LogP contribution in [-0.2, 0) is 23.9 Å². The summed E-state index contributed by atoms with van der Waals surface area (Å²) in [7, 11) is 2.03. The van der Waals surface area contributed by atoms with Gasteiger partial charge in [-0.05, 0) is 64.9 Å². The van der Waals surface area contributed by atoms with E-state index in [1.54, 1.807) is 0 Å². The number of likely N-dealkylation sites (tertiary alicyclic amines) is 1. The third-order valence-corrected chi connectivity index (χ3v) is 8.92. The summed E-state index contributed by atoms with van der Waals surface area (Å²) in [4.78, 5) is 15.7. The molecular weight excluding hydrogens is 568 g/mol. The van der Waals surface area contributed by atoms with Crippen LogP contribution in [0, 0.1) is 12.7 Å². The molecule has 0 amide bonds. The van der Waals surface area contributed by atoms with Crippen molar-refractivity contribution in [2.24, 2.45) is 0 Å². The third-order valence-electron chi connectivity index (χ3n) is 8.92. The number of likely N-dealkylation sites (N-methyl/N-ethyl adjacent to an activating group) is 1. The van der Waals surface area contributed by atoms with Gasteiger partial charge in [-0.3, -0.25) is 4.90 Å². The maximum atomic E-state index is 15.3. The third kappa shape index (κ3) is 6.17. The molecule has 0 saturated carbocycles. The van der Waals surface area contributed by atoms with Crippen LogP contribution in [-0.4, -0.2) is 82.5 Å². The number of hydrogen-bond acceptors (Lipinski definition) is 9. The second kappa shape index (κ2) is 12.2. The minimum absolute atomic E-state index is 0.0673. The summed E-state index contributed by atoms with van der Waals surface area (Å²) in [6.07, 6.45) is -3.48. The number of nitrogens with two attached hydrogens (primary N) is 1. The molecule has 13 heteroatoms. The Hall–Kier alpha value is -3.00. The van der Waals surface area contributed by atoms with Crippen molar-refractivity contribution >= 4 is 11.5 Å². The summed E-state index contributed by atoms with van der Waals surface area (Å²) < 4.78 is 69.9. The summed E-state index contributed by atoms with van der Waals surface area (Å²) in [5.74, 6) is -0.577. The van der Waals surface area contributed by atoms with Gasteiger partial charge in [-0.2, -0.15) is 23.1 Å². The van der Waals surface area contributed by atoms with Crippen molar-refractivity contribution in [3.63, 3.8) is 0 Å². The summed E-state index contributed by atoms with van der Waals surface area (Å²) in [5, 5.41) is 10.4. The molecule has 1 unspecified atom stereocenters. The van der Waals surface area contributed by atoms with Gasteiger partial charge >= 0.3 is 12.2 Å². The van der Waals surface area contributed by atoms with Crippen LogP contribution in [0.15, 0.2) is 18.7 Å². The number of anilines is 2. The molecule has 5 rings (SSSR count). The van der Waals surface area contributed by atoms with Gasteiger partial charge in [0.25, 0.3) is 0 Å². The number of benzene rings is 1. The molecule has 236 valence electrons. The van der Waals surface area contributed by atoms with Crippen molar-refractivity contribution in [2.75, 3.05) is 43.9 Å². The predicted molar refractivity (Wildman–Crippen MR) is 154 cm³/mol. The Morgan fingerprint density at radius 2 is 2.00 bits per heavy atom. The number of halogens is 4. The number of ether oxygens (including phenoxy) is 2. The number of aromatic nitrogens is 2. The van der Waals surface area contributed by atoms with Gasteiger partial charge in [0.15, 0.2) is 5.82 Å². The van der Waals surface area contributed by atoms with E-state index >= 15 is 4.39 Å². The first kappa shape index (κ1) is 31.4. The van der Waals surface area contributed by atoms with E-state index in [1.807, 2.05) is 25.8 Å². The number of rotatable bonds is 7. The molecule has 0 bridgehead atoms. The van der Waals surface area contributed by atoms with Crippen LogP contribution in [0.1, 0.15) is 60.7 Å². The molecule has 2 fully saturated rings. The van der Waals surface area contributed by atoms with Crippen molar-refractivity contribution in [1.29, 1.82) is 0 Å². The molecule has 9 nitrogen and oxygen atoms in total. The second-order valence-electron chi connectivity index (χ2n) is 11.9. The van der Waals surface area contributed by atoms with Gasteiger partial charge in [0.2, 0.25) is 0 Å². The molecule has 3 aliphatic rings. The van der Waals surface area contributed by atoms with Crippen LogP contribution in [0.4, 0.5) is 29.1 Å². The number of aryl methyl sites for hydroxylation is 1. The Morgan fingerprint density at radius 3 is 2.65 bits per heavy atom. The maximum Gasteiger partial charge on any atom is 0.417 e. The van der Waals surface area contributed by atoms with Crippen LogP contribution in [0.2, 0.25) is 0 Å². The average molecular weight is 609 g/mol. The normalized spacial score (nSPS) is 25.9. The van der Waals surface area contributed by atoms with Crippen LogP contribution >= 0.6 is 0 Å². The minimum Gasteiger partial charge on any atom is -0.462 e. The molecule has 5 atom stereocenters. The number of fused-ring (bicyclic) bond motifs is 1. The Bertz CT molecular complexity index is 1360. The van der Waals surface area contributed by atoms with Gasteiger partial charge in [-0.1, -0.05) is 6.58 Å². The molecule has 0 aliphatic carbocycles. The largest absolute Gasteiger partial charge is 0.462 e. The molecule has 0 spiro atoms. The SMILES string of the molecule is C=CC(O)N1C[C@@H](C)N(c2nc(OC[C@@H]3CCCN3C)nc3c2CO[C@@H](c2c(F)c(N)cc(C)c2C(F)(F)F)C3)C[C@@H]1C. The standard InChI is InChI=1S/C30H40F4N6O3/c1-6-24(41)39-12-18(4)40(13-17(39)3)28-20-15-42-23(25-26(30(32,33)34)16(2)10-21(35)27(25)31)11-22(20)36-29(37-28)43-14-19-8-7-9-38(19)5/h6,10,17-19,23-24,41H,1,7-9,11-15,35H2,2-5H3/t17-,18+,19-,23+,24?/m0/s1. The first-order valence-electron chi connectivity index (χ1n) is 14.6. The highest BCUT2D eigenvalue weighted by molar-refractivity contribution is 5.55. The van der Waals surface area contributed by atoms with E-state index in [2.05, 4.69) is 21.4 Å². The van der Waals surface area contributed by atoms with E-state index in [1.165, 1.54) is 13.0 Å². The van der Waals surface area contributed by atoms with E-state index in [0.29, 0.717) is 36.8 Å². The monoisotopic (exact) mass is 608 g/mol. The summed E-state index contributed by atoms with van der Waals surface area (Å²) in [5.41, 5.74) is 4.60. The van der Waals surface area contributed by atoms with Gasteiger partial charge in [0.1, 0.15) is 18.7 Å². The number of nitrogen functional groups attached to an aromatic ring is 1. The van der Waals surface area contributed by atoms with Gasteiger partial charge < -0.3 is 30.1 Å². The average Bonchev–Trinajstić information content (AvgIpc) is 3.37. The lowest BCUT2D eigenvalue weighted by atomic mass is 9.91. The zero-order chi connectivity index (χ0) is 31.2. The summed E-state index contributed by atoms with van der Waals surface area (Å²) >= 11 is 0. The minimum atomic E-state index is -4.81. The number of alkyl halides is 3. The van der Waals surface area contributed by atoms with Crippen molar-refractivity contribution in [2.45, 2.75) is 83.3 Å². The molecule has 1 aromatic heterocycles. The zero-order valence-electron chi connectivity index (χ0n) is 25.0. The highest BCUT2D eigenvalue weighted by atomic mass is 19.4. The lowest BCUT2D eigenvalue weighted by Crippen LogP contribution is -2.59. The van der Waals surface area contributed by atoms with E-state index in [0.717, 1.165) is 25.5 Å². The fraction of sp³-hybridized carbons (Fsp3) is 0.600. The van der Waals surface area contributed by atoms with Gasteiger partial charge in [-0.25, -0.2) is 4.39 Å².